The Morgan fingerprint density at radius 2 is 2.30 bits per heavy atom. The quantitative estimate of drug-likeness (QED) is 0.816. The second kappa shape index (κ2) is 5.52. The molecule has 7 nitrogen and oxygen atoms in total. The van der Waals surface area contributed by atoms with Gasteiger partial charge >= 0.3 is 5.97 Å². The van der Waals surface area contributed by atoms with Crippen molar-refractivity contribution in [2.24, 2.45) is 5.73 Å². The lowest BCUT2D eigenvalue weighted by atomic mass is 9.87. The average molecular weight is 331 g/mol. The maximum Gasteiger partial charge on any atom is 0.337 e. The fraction of sp³-hybridized carbons (Fsp3) is 0.267. The minimum Gasteiger partial charge on any atom is -0.468 e. The monoisotopic (exact) mass is 331 g/mol. The Morgan fingerprint density at radius 3 is 2.87 bits per heavy atom. The molecule has 3 rings (SSSR count). The van der Waals surface area contributed by atoms with Crippen LogP contribution in [-0.4, -0.2) is 29.1 Å². The number of allylic oxidation sites excluding steroid dienone is 1. The Kier molecular flexibility index (Phi) is 3.66. The summed E-state index contributed by atoms with van der Waals surface area (Å²) in [4.78, 5) is 25.9. The van der Waals surface area contributed by atoms with Crippen LogP contribution in [0.15, 0.2) is 44.8 Å². The number of ether oxygens (including phenoxy) is 1. The Hall–Kier alpha value is -2.66. The van der Waals surface area contributed by atoms with Crippen LogP contribution in [0.4, 0.5) is 0 Å². The lowest BCUT2D eigenvalue weighted by molar-refractivity contribution is -0.136. The molecule has 2 N–H and O–H groups in total. The maximum atomic E-state index is 12.4. The van der Waals surface area contributed by atoms with Crippen LogP contribution in [0.3, 0.4) is 0 Å². The smallest absolute Gasteiger partial charge is 0.337 e. The number of furan rings is 1. The zero-order chi connectivity index (χ0) is 16.7. The number of hydrogen-bond acceptors (Lipinski definition) is 7. The first kappa shape index (κ1) is 15.2. The number of carbonyl (C=O) groups is 2. The standard InChI is InChI=1S/C15H13N3O4S/c1-7-13(19)18-12(17)8(6-16)10(9-4-3-5-22-9)11(14(18)23-7)15(20)21-2/h3-5,7,10H,17H2,1-2H3/t7-,10-/m0/s1. The molecule has 0 bridgehead atoms. The van der Waals surface area contributed by atoms with E-state index in [0.29, 0.717) is 10.8 Å². The van der Waals surface area contributed by atoms with Crippen LogP contribution >= 0.6 is 11.8 Å². The number of nitrogens with zero attached hydrogens (tertiary/aromatic N) is 2. The number of nitrogens with two attached hydrogens (primary N) is 1. The van der Waals surface area contributed by atoms with Crippen molar-refractivity contribution in [2.45, 2.75) is 18.1 Å². The summed E-state index contributed by atoms with van der Waals surface area (Å²) in [5.41, 5.74) is 6.33. The van der Waals surface area contributed by atoms with E-state index in [4.69, 9.17) is 14.9 Å². The molecule has 2 atom stereocenters. The van der Waals surface area contributed by atoms with Gasteiger partial charge in [0.25, 0.3) is 0 Å². The minimum atomic E-state index is -0.792. The summed E-state index contributed by atoms with van der Waals surface area (Å²) in [7, 11) is 1.25. The normalized spacial score (nSPS) is 23.9. The highest BCUT2D eigenvalue weighted by atomic mass is 32.2. The van der Waals surface area contributed by atoms with E-state index in [-0.39, 0.29) is 22.9 Å². The van der Waals surface area contributed by atoms with Crippen molar-refractivity contribution in [1.82, 2.24) is 4.90 Å². The fourth-order valence-corrected chi connectivity index (χ4v) is 3.84. The predicted octanol–water partition coefficient (Wildman–Crippen LogP) is 1.42. The SMILES string of the molecule is COC(=O)C1=C2S[C@@H](C)C(=O)N2C(N)=C(C#N)[C@H]1c1ccco1. The highest BCUT2D eigenvalue weighted by molar-refractivity contribution is 8.04. The first-order valence-electron chi connectivity index (χ1n) is 6.77. The van der Waals surface area contributed by atoms with Gasteiger partial charge in [0.2, 0.25) is 5.91 Å². The molecule has 2 aliphatic rings. The van der Waals surface area contributed by atoms with Gasteiger partial charge in [-0.15, -0.1) is 0 Å². The molecule has 0 aromatic carbocycles. The zero-order valence-corrected chi connectivity index (χ0v) is 13.2. The van der Waals surface area contributed by atoms with Gasteiger partial charge in [-0.3, -0.25) is 9.69 Å². The number of rotatable bonds is 2. The van der Waals surface area contributed by atoms with Gasteiger partial charge in [-0.05, 0) is 19.1 Å². The largest absolute Gasteiger partial charge is 0.468 e. The van der Waals surface area contributed by atoms with Crippen LogP contribution in [0.2, 0.25) is 0 Å². The Bertz CT molecular complexity index is 788. The van der Waals surface area contributed by atoms with Crippen molar-refractivity contribution >= 4 is 23.6 Å². The van der Waals surface area contributed by atoms with Gasteiger partial charge in [-0.2, -0.15) is 5.26 Å². The molecule has 1 aromatic rings. The molecule has 0 radical (unpaired) electrons. The molecular weight excluding hydrogens is 318 g/mol. The lowest BCUT2D eigenvalue weighted by Crippen LogP contribution is -2.37. The average Bonchev–Trinajstić information content (AvgIpc) is 3.16. The van der Waals surface area contributed by atoms with Crippen LogP contribution in [0.1, 0.15) is 18.6 Å². The van der Waals surface area contributed by atoms with E-state index in [1.54, 1.807) is 19.1 Å². The lowest BCUT2D eigenvalue weighted by Gasteiger charge is -2.30. The van der Waals surface area contributed by atoms with Crippen molar-refractivity contribution in [1.29, 1.82) is 5.26 Å². The van der Waals surface area contributed by atoms with Crippen molar-refractivity contribution < 1.29 is 18.7 Å². The number of hydrogen-bond donors (Lipinski definition) is 1. The van der Waals surface area contributed by atoms with E-state index in [9.17, 15) is 14.9 Å². The number of nitriles is 1. The minimum absolute atomic E-state index is 0.0263. The third-order valence-electron chi connectivity index (χ3n) is 3.74. The van der Waals surface area contributed by atoms with Gasteiger partial charge in [-0.25, -0.2) is 4.79 Å². The third kappa shape index (κ3) is 2.12. The van der Waals surface area contributed by atoms with Gasteiger partial charge < -0.3 is 14.9 Å². The second-order valence-electron chi connectivity index (χ2n) is 5.00. The van der Waals surface area contributed by atoms with E-state index in [1.165, 1.54) is 30.0 Å². The van der Waals surface area contributed by atoms with E-state index in [1.807, 2.05) is 6.07 Å². The summed E-state index contributed by atoms with van der Waals surface area (Å²) in [6, 6.07) is 5.31. The van der Waals surface area contributed by atoms with Gasteiger partial charge in [0.15, 0.2) is 0 Å². The fourth-order valence-electron chi connectivity index (χ4n) is 2.68. The summed E-state index contributed by atoms with van der Waals surface area (Å²) < 4.78 is 10.2. The second-order valence-corrected chi connectivity index (χ2v) is 6.33. The number of amides is 1. The van der Waals surface area contributed by atoms with Gasteiger partial charge in [0.05, 0.1) is 46.8 Å². The number of methoxy groups -OCH3 is 1. The van der Waals surface area contributed by atoms with Crippen molar-refractivity contribution in [2.75, 3.05) is 7.11 Å². The Morgan fingerprint density at radius 1 is 1.57 bits per heavy atom. The van der Waals surface area contributed by atoms with Crippen molar-refractivity contribution in [3.63, 3.8) is 0 Å². The summed E-state index contributed by atoms with van der Waals surface area (Å²) in [5.74, 6) is -1.27. The summed E-state index contributed by atoms with van der Waals surface area (Å²) in [6.07, 6.45) is 1.45. The molecule has 0 saturated carbocycles. The Labute approximate surface area is 136 Å². The van der Waals surface area contributed by atoms with Gasteiger partial charge in [0.1, 0.15) is 11.6 Å². The molecule has 1 fully saturated rings. The summed E-state index contributed by atoms with van der Waals surface area (Å²) in [5, 5.41) is 9.52. The van der Waals surface area contributed by atoms with Gasteiger partial charge in [-0.1, -0.05) is 11.8 Å². The molecule has 0 spiro atoms. The van der Waals surface area contributed by atoms with Crippen LogP contribution in [-0.2, 0) is 14.3 Å². The number of thioether (sulfide) groups is 1. The van der Waals surface area contributed by atoms with Crippen molar-refractivity contribution in [3.8, 4) is 6.07 Å². The molecule has 23 heavy (non-hydrogen) atoms. The molecule has 3 heterocycles. The predicted molar refractivity (Wildman–Crippen MR) is 81.2 cm³/mol. The molecule has 1 amide bonds. The highest BCUT2D eigenvalue weighted by Gasteiger charge is 2.47. The molecule has 0 aliphatic carbocycles. The van der Waals surface area contributed by atoms with E-state index >= 15 is 0 Å². The first-order valence-corrected chi connectivity index (χ1v) is 7.65. The first-order chi connectivity index (χ1) is 11.0. The molecule has 0 unspecified atom stereocenters. The van der Waals surface area contributed by atoms with E-state index in [0.717, 1.165) is 0 Å². The molecule has 8 heteroatoms. The number of fused-ring (bicyclic) bond motifs is 1. The number of carbonyl (C=O) groups excluding carboxylic acids is 2. The van der Waals surface area contributed by atoms with E-state index in [2.05, 4.69) is 0 Å². The van der Waals surface area contributed by atoms with E-state index < -0.39 is 17.1 Å². The third-order valence-corrected chi connectivity index (χ3v) is 4.92. The molecular formula is C15H13N3O4S. The van der Waals surface area contributed by atoms with Crippen LogP contribution < -0.4 is 5.73 Å². The molecule has 2 aliphatic heterocycles. The highest BCUT2D eigenvalue weighted by Crippen LogP contribution is 2.49. The molecule has 1 aromatic heterocycles. The van der Waals surface area contributed by atoms with Crippen molar-refractivity contribution in [3.05, 3.63) is 46.2 Å². The van der Waals surface area contributed by atoms with Gasteiger partial charge in [0, 0.05) is 0 Å². The molecule has 1 saturated heterocycles. The molecule has 118 valence electrons. The summed E-state index contributed by atoms with van der Waals surface area (Å²) in [6.45, 7) is 1.72. The van der Waals surface area contributed by atoms with Crippen LogP contribution in [0, 0.1) is 11.3 Å². The maximum absolute atomic E-state index is 12.4. The van der Waals surface area contributed by atoms with Crippen LogP contribution in [0.25, 0.3) is 0 Å². The van der Waals surface area contributed by atoms with Crippen LogP contribution in [0.5, 0.6) is 0 Å². The summed E-state index contributed by atoms with van der Waals surface area (Å²) >= 11 is 1.22. The Balaban J connectivity index is 2.29. The number of esters is 1. The topological polar surface area (TPSA) is 110 Å². The zero-order valence-electron chi connectivity index (χ0n) is 12.4.